The summed E-state index contributed by atoms with van der Waals surface area (Å²) in [4.78, 5) is 14.1. The van der Waals surface area contributed by atoms with Crippen molar-refractivity contribution in [3.8, 4) is 0 Å². The molecule has 3 nitrogen and oxygen atoms in total. The quantitative estimate of drug-likeness (QED) is 0.861. The maximum Gasteiger partial charge on any atom is 0.246 e. The molecule has 0 aromatic heterocycles. The van der Waals surface area contributed by atoms with Crippen molar-refractivity contribution >= 4 is 12.0 Å². The zero-order valence-corrected chi connectivity index (χ0v) is 14.0. The first-order valence-electron chi connectivity index (χ1n) is 8.59. The predicted molar refractivity (Wildman–Crippen MR) is 96.1 cm³/mol. The topological polar surface area (TPSA) is 40.5 Å². The lowest BCUT2D eigenvalue weighted by molar-refractivity contribution is -0.127. The van der Waals surface area contributed by atoms with Gasteiger partial charge in [0, 0.05) is 19.2 Å². The van der Waals surface area contributed by atoms with E-state index in [-0.39, 0.29) is 17.6 Å². The smallest absolute Gasteiger partial charge is 0.246 e. The van der Waals surface area contributed by atoms with Gasteiger partial charge in [0.2, 0.25) is 5.91 Å². The van der Waals surface area contributed by atoms with Crippen LogP contribution in [0.3, 0.4) is 0 Å². The van der Waals surface area contributed by atoms with Gasteiger partial charge in [-0.25, -0.2) is 4.39 Å². The molecule has 3 rings (SSSR count). The van der Waals surface area contributed by atoms with Gasteiger partial charge in [0.15, 0.2) is 0 Å². The third kappa shape index (κ3) is 4.54. The number of aliphatic hydroxyl groups is 1. The fourth-order valence-corrected chi connectivity index (χ4v) is 3.20. The number of carbonyl (C=O) groups excluding carboxylic acids is 1. The number of nitrogens with zero attached hydrogens (tertiary/aromatic N) is 1. The van der Waals surface area contributed by atoms with Crippen LogP contribution in [0.5, 0.6) is 0 Å². The number of amides is 1. The normalized spacial score (nSPS) is 17.0. The minimum atomic E-state index is -0.613. The Kier molecular flexibility index (Phi) is 5.61. The summed E-state index contributed by atoms with van der Waals surface area (Å²) in [6.45, 7) is 1.25. The van der Waals surface area contributed by atoms with Crippen molar-refractivity contribution in [2.45, 2.75) is 18.9 Å². The van der Waals surface area contributed by atoms with E-state index in [1.54, 1.807) is 18.2 Å². The molecule has 1 N–H and O–H groups in total. The molecule has 2 aromatic carbocycles. The largest absolute Gasteiger partial charge is 0.388 e. The number of rotatable bonds is 4. The van der Waals surface area contributed by atoms with E-state index in [1.165, 1.54) is 12.1 Å². The summed E-state index contributed by atoms with van der Waals surface area (Å²) < 4.78 is 13.0. The van der Waals surface area contributed by atoms with Crippen LogP contribution in [0.4, 0.5) is 4.39 Å². The maximum absolute atomic E-state index is 13.0. The zero-order valence-electron chi connectivity index (χ0n) is 14.0. The van der Waals surface area contributed by atoms with E-state index < -0.39 is 6.10 Å². The molecule has 130 valence electrons. The SMILES string of the molecule is O=C(C=Cc1ccccc1)N1CCC(C(O)c2ccc(F)cc2)CC1. The number of aliphatic hydroxyl groups excluding tert-OH is 1. The molecule has 1 unspecified atom stereocenters. The van der Waals surface area contributed by atoms with Crippen molar-refractivity contribution in [1.29, 1.82) is 0 Å². The van der Waals surface area contributed by atoms with Crippen molar-refractivity contribution in [3.63, 3.8) is 0 Å². The zero-order chi connectivity index (χ0) is 17.6. The van der Waals surface area contributed by atoms with Crippen molar-refractivity contribution < 1.29 is 14.3 Å². The number of likely N-dealkylation sites (tertiary alicyclic amines) is 1. The van der Waals surface area contributed by atoms with Gasteiger partial charge in [-0.3, -0.25) is 4.79 Å². The molecule has 1 aliphatic rings. The van der Waals surface area contributed by atoms with E-state index in [1.807, 2.05) is 41.3 Å². The van der Waals surface area contributed by atoms with Crippen molar-refractivity contribution in [2.24, 2.45) is 5.92 Å². The van der Waals surface area contributed by atoms with E-state index in [0.29, 0.717) is 13.1 Å². The van der Waals surface area contributed by atoms with Gasteiger partial charge in [-0.15, -0.1) is 0 Å². The van der Waals surface area contributed by atoms with E-state index in [2.05, 4.69) is 0 Å². The molecule has 0 saturated carbocycles. The summed E-state index contributed by atoms with van der Waals surface area (Å²) in [5.74, 6) is -0.215. The average Bonchev–Trinajstić information content (AvgIpc) is 2.67. The highest BCUT2D eigenvalue weighted by Gasteiger charge is 2.27. The summed E-state index contributed by atoms with van der Waals surface area (Å²) >= 11 is 0. The van der Waals surface area contributed by atoms with Crippen LogP contribution in [0.25, 0.3) is 6.08 Å². The van der Waals surface area contributed by atoms with Gasteiger partial charge >= 0.3 is 0 Å². The van der Waals surface area contributed by atoms with Crippen LogP contribution in [-0.4, -0.2) is 29.0 Å². The van der Waals surface area contributed by atoms with E-state index >= 15 is 0 Å². The standard InChI is InChI=1S/C21H22FNO2/c22-19-9-7-17(8-10-19)21(25)18-12-14-23(15-13-18)20(24)11-6-16-4-2-1-3-5-16/h1-11,18,21,25H,12-15H2. The molecule has 1 aliphatic heterocycles. The predicted octanol–water partition coefficient (Wildman–Crippen LogP) is 3.81. The summed E-state index contributed by atoms with van der Waals surface area (Å²) in [6, 6.07) is 15.7. The molecule has 1 fully saturated rings. The highest BCUT2D eigenvalue weighted by Crippen LogP contribution is 2.30. The van der Waals surface area contributed by atoms with Crippen LogP contribution in [0.1, 0.15) is 30.1 Å². The van der Waals surface area contributed by atoms with Gasteiger partial charge in [-0.2, -0.15) is 0 Å². The lowest BCUT2D eigenvalue weighted by atomic mass is 9.87. The van der Waals surface area contributed by atoms with E-state index in [9.17, 15) is 14.3 Å². The van der Waals surface area contributed by atoms with Crippen LogP contribution in [0.15, 0.2) is 60.7 Å². The molecule has 0 radical (unpaired) electrons. The molecule has 4 heteroatoms. The van der Waals surface area contributed by atoms with Gasteiger partial charge in [0.25, 0.3) is 0 Å². The second kappa shape index (κ2) is 8.08. The molecular formula is C21H22FNO2. The molecule has 1 heterocycles. The molecule has 2 aromatic rings. The Morgan fingerprint density at radius 3 is 2.36 bits per heavy atom. The molecule has 0 spiro atoms. The number of hydrogen-bond acceptors (Lipinski definition) is 2. The first-order valence-corrected chi connectivity index (χ1v) is 8.59. The highest BCUT2D eigenvalue weighted by molar-refractivity contribution is 5.91. The van der Waals surface area contributed by atoms with Gasteiger partial charge in [0.05, 0.1) is 6.10 Å². The summed E-state index contributed by atoms with van der Waals surface area (Å²) in [7, 11) is 0. The minimum absolute atomic E-state index is 0.00132. The first kappa shape index (κ1) is 17.4. The maximum atomic E-state index is 13.0. The molecular weight excluding hydrogens is 317 g/mol. The molecule has 1 atom stereocenters. The summed E-state index contributed by atoms with van der Waals surface area (Å²) in [6.07, 6.45) is 4.29. The van der Waals surface area contributed by atoms with Crippen LogP contribution >= 0.6 is 0 Å². The Bertz CT molecular complexity index is 719. The molecule has 0 aliphatic carbocycles. The van der Waals surface area contributed by atoms with Crippen LogP contribution in [0, 0.1) is 11.7 Å². The van der Waals surface area contributed by atoms with Crippen LogP contribution in [0.2, 0.25) is 0 Å². The van der Waals surface area contributed by atoms with Crippen molar-refractivity contribution in [1.82, 2.24) is 4.90 Å². The molecule has 0 bridgehead atoms. The van der Waals surface area contributed by atoms with Crippen LogP contribution < -0.4 is 0 Å². The molecule has 1 amide bonds. The van der Waals surface area contributed by atoms with Crippen molar-refractivity contribution in [3.05, 3.63) is 77.6 Å². The van der Waals surface area contributed by atoms with Gasteiger partial charge < -0.3 is 10.0 Å². The summed E-state index contributed by atoms with van der Waals surface area (Å²) in [5, 5.41) is 10.5. The second-order valence-electron chi connectivity index (χ2n) is 6.40. The second-order valence-corrected chi connectivity index (χ2v) is 6.40. The van der Waals surface area contributed by atoms with Crippen molar-refractivity contribution in [2.75, 3.05) is 13.1 Å². The Morgan fingerprint density at radius 2 is 1.72 bits per heavy atom. The monoisotopic (exact) mass is 339 g/mol. The third-order valence-electron chi connectivity index (χ3n) is 4.73. The third-order valence-corrected chi connectivity index (χ3v) is 4.73. The van der Waals surface area contributed by atoms with E-state index in [0.717, 1.165) is 24.0 Å². The number of hydrogen-bond donors (Lipinski definition) is 1. The fourth-order valence-electron chi connectivity index (χ4n) is 3.20. The van der Waals surface area contributed by atoms with Gasteiger partial charge in [0.1, 0.15) is 5.82 Å². The number of piperidine rings is 1. The fraction of sp³-hybridized carbons (Fsp3) is 0.286. The minimum Gasteiger partial charge on any atom is -0.388 e. The molecule has 1 saturated heterocycles. The number of benzene rings is 2. The first-order chi connectivity index (χ1) is 12.1. The summed E-state index contributed by atoms with van der Waals surface area (Å²) in [5.41, 5.74) is 1.73. The number of halogens is 1. The van der Waals surface area contributed by atoms with Crippen LogP contribution in [-0.2, 0) is 4.79 Å². The van der Waals surface area contributed by atoms with Gasteiger partial charge in [-0.05, 0) is 48.1 Å². The van der Waals surface area contributed by atoms with Gasteiger partial charge in [-0.1, -0.05) is 42.5 Å². The lowest BCUT2D eigenvalue weighted by Gasteiger charge is -2.34. The Labute approximate surface area is 147 Å². The average molecular weight is 339 g/mol. The Balaban J connectivity index is 1.53. The number of carbonyl (C=O) groups is 1. The Hall–Kier alpha value is -2.46. The van der Waals surface area contributed by atoms with E-state index in [4.69, 9.17) is 0 Å². The molecule has 25 heavy (non-hydrogen) atoms. The lowest BCUT2D eigenvalue weighted by Crippen LogP contribution is -2.38. The Morgan fingerprint density at radius 1 is 1.08 bits per heavy atom. The highest BCUT2D eigenvalue weighted by atomic mass is 19.1.